The number of thioether (sulfide) groups is 1. The van der Waals surface area contributed by atoms with E-state index < -0.39 is 5.97 Å². The van der Waals surface area contributed by atoms with E-state index in [0.717, 1.165) is 16.1 Å². The Balaban J connectivity index is 1.74. The summed E-state index contributed by atoms with van der Waals surface area (Å²) in [6, 6.07) is 7.23. The van der Waals surface area contributed by atoms with Crippen LogP contribution in [0.4, 0.5) is 11.5 Å². The second-order valence-electron chi connectivity index (χ2n) is 5.66. The number of aromatic carboxylic acids is 1. The molecule has 1 aromatic heterocycles. The third-order valence-corrected chi connectivity index (χ3v) is 5.28. The van der Waals surface area contributed by atoms with Crippen molar-refractivity contribution in [2.45, 2.75) is 17.1 Å². The van der Waals surface area contributed by atoms with Gasteiger partial charge in [0.25, 0.3) is 0 Å². The highest BCUT2D eigenvalue weighted by atomic mass is 32.2. The Kier molecular flexibility index (Phi) is 3.45. The molecule has 122 valence electrons. The summed E-state index contributed by atoms with van der Waals surface area (Å²) < 4.78 is 5.57. The second-order valence-corrected chi connectivity index (χ2v) is 7.04. The van der Waals surface area contributed by atoms with Crippen LogP contribution in [0.3, 0.4) is 0 Å². The minimum atomic E-state index is -1.03. The van der Waals surface area contributed by atoms with Gasteiger partial charge in [0, 0.05) is 28.4 Å². The van der Waals surface area contributed by atoms with E-state index in [-0.39, 0.29) is 16.6 Å². The van der Waals surface area contributed by atoms with Gasteiger partial charge >= 0.3 is 5.97 Å². The van der Waals surface area contributed by atoms with Gasteiger partial charge in [-0.05, 0) is 25.1 Å². The summed E-state index contributed by atoms with van der Waals surface area (Å²) in [7, 11) is 0. The van der Waals surface area contributed by atoms with Crippen molar-refractivity contribution in [1.82, 2.24) is 4.98 Å². The van der Waals surface area contributed by atoms with E-state index in [9.17, 15) is 9.59 Å². The van der Waals surface area contributed by atoms with Gasteiger partial charge in [-0.2, -0.15) is 0 Å². The number of fused-ring (bicyclic) bond motifs is 2. The fourth-order valence-electron chi connectivity index (χ4n) is 2.91. The number of carboxylic acid groups (broad SMARTS) is 1. The largest absolute Gasteiger partial charge is 0.488 e. The van der Waals surface area contributed by atoms with Crippen LogP contribution in [0.25, 0.3) is 0 Å². The van der Waals surface area contributed by atoms with Gasteiger partial charge in [-0.1, -0.05) is 0 Å². The third kappa shape index (κ3) is 2.32. The molecular weight excluding hydrogens is 328 g/mol. The van der Waals surface area contributed by atoms with Crippen molar-refractivity contribution >= 4 is 35.0 Å². The Hall–Kier alpha value is -2.54. The van der Waals surface area contributed by atoms with Crippen molar-refractivity contribution in [2.75, 3.05) is 18.1 Å². The van der Waals surface area contributed by atoms with Crippen molar-refractivity contribution in [2.24, 2.45) is 0 Å². The Labute approximate surface area is 142 Å². The molecule has 1 unspecified atom stereocenters. The lowest BCUT2D eigenvalue weighted by Crippen LogP contribution is -2.29. The molecule has 1 atom stereocenters. The first-order valence-electron chi connectivity index (χ1n) is 7.53. The Morgan fingerprint density at radius 1 is 1.42 bits per heavy atom. The lowest BCUT2D eigenvalue weighted by molar-refractivity contribution is 0.0695. The molecule has 0 amide bonds. The number of anilines is 2. The summed E-state index contributed by atoms with van der Waals surface area (Å²) >= 11 is 1.56. The Morgan fingerprint density at radius 3 is 3.04 bits per heavy atom. The molecule has 6 nitrogen and oxygen atoms in total. The number of hydrogen-bond donors (Lipinski definition) is 1. The number of nitrogens with zero attached hydrogens (tertiary/aromatic N) is 2. The summed E-state index contributed by atoms with van der Waals surface area (Å²) in [5.41, 5.74) is 1.78. The fraction of sp³-hybridized carbons (Fsp3) is 0.235. The molecule has 2 aliphatic rings. The van der Waals surface area contributed by atoms with Gasteiger partial charge in [0.15, 0.2) is 17.4 Å². The van der Waals surface area contributed by atoms with Crippen LogP contribution in [0.2, 0.25) is 0 Å². The standard InChI is InChI=1S/C17H14N2O4S/c1-9-15(20)12-3-2-11(7-14(12)24-9)19-4-5-23-13-6-10(17(21)22)8-18-16(13)19/h2-3,6-9H,4-5H2,1H3,(H,21,22). The number of carboxylic acids is 1. The molecule has 0 saturated heterocycles. The molecule has 0 radical (unpaired) electrons. The maximum atomic E-state index is 12.1. The number of carbonyl (C=O) groups excluding carboxylic acids is 1. The van der Waals surface area contributed by atoms with Gasteiger partial charge in [-0.25, -0.2) is 9.78 Å². The first-order chi connectivity index (χ1) is 11.5. The number of hydrogen-bond acceptors (Lipinski definition) is 6. The van der Waals surface area contributed by atoms with E-state index in [1.165, 1.54) is 12.3 Å². The van der Waals surface area contributed by atoms with Crippen LogP contribution in [-0.4, -0.2) is 40.2 Å². The minimum Gasteiger partial charge on any atom is -0.488 e. The van der Waals surface area contributed by atoms with E-state index in [0.29, 0.717) is 24.7 Å². The summed E-state index contributed by atoms with van der Waals surface area (Å²) in [6.07, 6.45) is 1.33. The van der Waals surface area contributed by atoms with E-state index in [2.05, 4.69) is 4.98 Å². The molecule has 24 heavy (non-hydrogen) atoms. The van der Waals surface area contributed by atoms with E-state index in [1.807, 2.05) is 30.0 Å². The number of aromatic nitrogens is 1. The minimum absolute atomic E-state index is 0.0523. The lowest BCUT2D eigenvalue weighted by atomic mass is 10.1. The summed E-state index contributed by atoms with van der Waals surface area (Å²) in [5.74, 6) is 0.174. The smallest absolute Gasteiger partial charge is 0.337 e. The molecule has 4 rings (SSSR count). The number of ketones is 1. The topological polar surface area (TPSA) is 79.7 Å². The fourth-order valence-corrected chi connectivity index (χ4v) is 4.01. The average Bonchev–Trinajstić information content (AvgIpc) is 2.87. The Morgan fingerprint density at radius 2 is 2.25 bits per heavy atom. The highest BCUT2D eigenvalue weighted by Crippen LogP contribution is 2.41. The molecule has 7 heteroatoms. The zero-order chi connectivity index (χ0) is 16.8. The predicted molar refractivity (Wildman–Crippen MR) is 89.8 cm³/mol. The molecule has 0 saturated carbocycles. The zero-order valence-corrected chi connectivity index (χ0v) is 13.7. The maximum absolute atomic E-state index is 12.1. The van der Waals surface area contributed by atoms with Crippen LogP contribution in [0, 0.1) is 0 Å². The quantitative estimate of drug-likeness (QED) is 0.898. The first kappa shape index (κ1) is 15.0. The van der Waals surface area contributed by atoms with Crippen molar-refractivity contribution in [3.63, 3.8) is 0 Å². The van der Waals surface area contributed by atoms with Crippen molar-refractivity contribution in [3.05, 3.63) is 41.6 Å². The monoisotopic (exact) mass is 342 g/mol. The van der Waals surface area contributed by atoms with E-state index >= 15 is 0 Å². The average molecular weight is 342 g/mol. The van der Waals surface area contributed by atoms with Crippen LogP contribution >= 0.6 is 11.8 Å². The summed E-state index contributed by atoms with van der Waals surface area (Å²) in [4.78, 5) is 30.4. The SMILES string of the molecule is CC1Sc2cc(N3CCOc4cc(C(=O)O)cnc43)ccc2C1=O. The molecule has 2 aliphatic heterocycles. The normalized spacial score (nSPS) is 18.8. The molecule has 0 spiro atoms. The molecule has 3 heterocycles. The van der Waals surface area contributed by atoms with Crippen LogP contribution in [0.5, 0.6) is 5.75 Å². The molecule has 1 N–H and O–H groups in total. The van der Waals surface area contributed by atoms with Crippen molar-refractivity contribution in [1.29, 1.82) is 0 Å². The maximum Gasteiger partial charge on any atom is 0.337 e. The number of rotatable bonds is 2. The van der Waals surface area contributed by atoms with Gasteiger partial charge < -0.3 is 14.7 Å². The number of benzene rings is 1. The van der Waals surface area contributed by atoms with Gasteiger partial charge in [0.05, 0.1) is 17.4 Å². The van der Waals surface area contributed by atoms with E-state index in [1.54, 1.807) is 11.8 Å². The van der Waals surface area contributed by atoms with Crippen molar-refractivity contribution < 1.29 is 19.4 Å². The number of carbonyl (C=O) groups is 2. The second kappa shape index (κ2) is 5.52. The molecule has 1 aromatic carbocycles. The van der Waals surface area contributed by atoms with Crippen LogP contribution in [-0.2, 0) is 0 Å². The van der Waals surface area contributed by atoms with Crippen LogP contribution in [0.1, 0.15) is 27.6 Å². The zero-order valence-electron chi connectivity index (χ0n) is 12.9. The van der Waals surface area contributed by atoms with Gasteiger partial charge in [0.1, 0.15) is 6.61 Å². The van der Waals surface area contributed by atoms with Gasteiger partial charge in [0.2, 0.25) is 0 Å². The molecule has 0 fully saturated rings. The summed E-state index contributed by atoms with van der Waals surface area (Å²) in [5, 5.41) is 9.03. The van der Waals surface area contributed by atoms with Crippen molar-refractivity contribution in [3.8, 4) is 5.75 Å². The highest BCUT2D eigenvalue weighted by Gasteiger charge is 2.29. The molecule has 2 aromatic rings. The predicted octanol–water partition coefficient (Wildman–Crippen LogP) is 2.99. The first-order valence-corrected chi connectivity index (χ1v) is 8.41. The number of Topliss-reactive ketones (excluding diaryl/α,β-unsaturated/α-hetero) is 1. The highest BCUT2D eigenvalue weighted by molar-refractivity contribution is 8.01. The van der Waals surface area contributed by atoms with Crippen LogP contribution in [0.15, 0.2) is 35.4 Å². The number of ether oxygens (including phenoxy) is 1. The molecule has 0 aliphatic carbocycles. The number of pyridine rings is 1. The molecule has 0 bridgehead atoms. The van der Waals surface area contributed by atoms with E-state index in [4.69, 9.17) is 9.84 Å². The third-order valence-electron chi connectivity index (χ3n) is 4.12. The van der Waals surface area contributed by atoms with Crippen LogP contribution < -0.4 is 9.64 Å². The molecular formula is C17H14N2O4S. The van der Waals surface area contributed by atoms with Gasteiger partial charge in [-0.3, -0.25) is 4.79 Å². The Bertz CT molecular complexity index is 868. The van der Waals surface area contributed by atoms with Gasteiger partial charge in [-0.15, -0.1) is 11.8 Å². The lowest BCUT2D eigenvalue weighted by Gasteiger charge is -2.30. The summed E-state index contributed by atoms with van der Waals surface area (Å²) in [6.45, 7) is 2.96.